The zero-order valence-electron chi connectivity index (χ0n) is 16.2. The zero-order chi connectivity index (χ0) is 19.8. The van der Waals surface area contributed by atoms with E-state index in [0.29, 0.717) is 19.8 Å². The molecule has 0 bridgehead atoms. The fraction of sp³-hybridized carbons (Fsp3) is 0.208. The molecule has 1 amide bonds. The summed E-state index contributed by atoms with van der Waals surface area (Å²) in [5, 5.41) is 5.08. The molecule has 5 heteroatoms. The van der Waals surface area contributed by atoms with Crippen LogP contribution in [-0.4, -0.2) is 30.2 Å². The van der Waals surface area contributed by atoms with Gasteiger partial charge < -0.3 is 19.4 Å². The van der Waals surface area contributed by atoms with Crippen LogP contribution in [0.25, 0.3) is 21.8 Å². The Balaban J connectivity index is 1.69. The number of hydrogen-bond donors (Lipinski definition) is 1. The van der Waals surface area contributed by atoms with Gasteiger partial charge in [-0.05, 0) is 17.7 Å². The first-order valence-corrected chi connectivity index (χ1v) is 9.84. The third kappa shape index (κ3) is 2.99. The highest BCUT2D eigenvalue weighted by Gasteiger charge is 2.28. The average Bonchev–Trinajstić information content (AvgIpc) is 3.09. The van der Waals surface area contributed by atoms with Crippen LogP contribution in [0.3, 0.4) is 0 Å². The second kappa shape index (κ2) is 7.17. The maximum atomic E-state index is 11.1. The molecule has 0 aliphatic carbocycles. The molecule has 29 heavy (non-hydrogen) atoms. The van der Waals surface area contributed by atoms with Crippen LogP contribution in [0, 0.1) is 0 Å². The molecule has 2 heterocycles. The van der Waals surface area contributed by atoms with Gasteiger partial charge in [0.05, 0.1) is 23.6 Å². The fourth-order valence-electron chi connectivity index (χ4n) is 4.18. The Bertz CT molecular complexity index is 1200. The first kappa shape index (κ1) is 17.6. The van der Waals surface area contributed by atoms with Crippen LogP contribution in [-0.2, 0) is 4.79 Å². The Morgan fingerprint density at radius 3 is 2.59 bits per heavy atom. The minimum absolute atomic E-state index is 0.0544. The summed E-state index contributed by atoms with van der Waals surface area (Å²) in [4.78, 5) is 11.1. The molecule has 146 valence electrons. The predicted octanol–water partition coefficient (Wildman–Crippen LogP) is 4.29. The first-order valence-electron chi connectivity index (χ1n) is 9.84. The molecule has 5 rings (SSSR count). The van der Waals surface area contributed by atoms with Gasteiger partial charge in [0.2, 0.25) is 5.91 Å². The molecule has 1 aliphatic heterocycles. The van der Waals surface area contributed by atoms with Crippen molar-refractivity contribution in [3.63, 3.8) is 0 Å². The lowest BCUT2D eigenvalue weighted by Crippen LogP contribution is -2.26. The largest absolute Gasteiger partial charge is 0.490 e. The van der Waals surface area contributed by atoms with Crippen molar-refractivity contribution < 1.29 is 14.3 Å². The van der Waals surface area contributed by atoms with Crippen molar-refractivity contribution in [2.24, 2.45) is 0 Å². The summed E-state index contributed by atoms with van der Waals surface area (Å²) in [5.74, 6) is 1.66. The lowest BCUT2D eigenvalue weighted by molar-refractivity contribution is -0.119. The highest BCUT2D eigenvalue weighted by molar-refractivity contribution is 6.12. The monoisotopic (exact) mass is 386 g/mol. The molecule has 1 atom stereocenters. The van der Waals surface area contributed by atoms with Gasteiger partial charge in [0.25, 0.3) is 0 Å². The van der Waals surface area contributed by atoms with E-state index in [1.165, 1.54) is 12.5 Å². The van der Waals surface area contributed by atoms with Crippen LogP contribution >= 0.6 is 0 Å². The third-order valence-electron chi connectivity index (χ3n) is 5.40. The molecule has 0 radical (unpaired) electrons. The summed E-state index contributed by atoms with van der Waals surface area (Å²) in [6, 6.07) is 22.8. The van der Waals surface area contributed by atoms with Gasteiger partial charge in [0.1, 0.15) is 24.7 Å². The summed E-state index contributed by atoms with van der Waals surface area (Å²) < 4.78 is 14.6. The number of benzene rings is 3. The lowest BCUT2D eigenvalue weighted by atomic mass is 10.1. The van der Waals surface area contributed by atoms with E-state index in [1.807, 2.05) is 30.3 Å². The van der Waals surface area contributed by atoms with Gasteiger partial charge in [-0.2, -0.15) is 0 Å². The maximum Gasteiger partial charge on any atom is 0.216 e. The van der Waals surface area contributed by atoms with Crippen molar-refractivity contribution in [3.8, 4) is 11.5 Å². The highest BCUT2D eigenvalue weighted by Crippen LogP contribution is 2.44. The van der Waals surface area contributed by atoms with Crippen molar-refractivity contribution in [2.45, 2.75) is 13.0 Å². The number of nitrogens with zero attached hydrogens (tertiary/aromatic N) is 1. The van der Waals surface area contributed by atoms with Crippen molar-refractivity contribution in [1.82, 2.24) is 9.88 Å². The van der Waals surface area contributed by atoms with Crippen LogP contribution in [0.5, 0.6) is 11.5 Å². The number of aromatic nitrogens is 1. The smallest absolute Gasteiger partial charge is 0.216 e. The SMILES string of the molecule is CC(=O)NCCOc1cccc2c3cccc4c3n(c12)C(c1ccccc1)CO4. The minimum Gasteiger partial charge on any atom is -0.490 e. The van der Waals surface area contributed by atoms with Crippen LogP contribution in [0.1, 0.15) is 18.5 Å². The molecule has 1 aromatic heterocycles. The maximum absolute atomic E-state index is 11.1. The molecule has 1 aliphatic rings. The first-order chi connectivity index (χ1) is 14.2. The number of ether oxygens (including phenoxy) is 2. The van der Waals surface area contributed by atoms with E-state index in [1.54, 1.807) is 0 Å². The fourth-order valence-corrected chi connectivity index (χ4v) is 4.18. The van der Waals surface area contributed by atoms with E-state index in [0.717, 1.165) is 33.3 Å². The molecular weight excluding hydrogens is 364 g/mol. The van der Waals surface area contributed by atoms with Gasteiger partial charge in [-0.3, -0.25) is 4.79 Å². The minimum atomic E-state index is -0.0544. The number of carbonyl (C=O) groups is 1. The Labute approximate surface area is 168 Å². The van der Waals surface area contributed by atoms with Gasteiger partial charge >= 0.3 is 0 Å². The van der Waals surface area contributed by atoms with E-state index in [-0.39, 0.29) is 11.9 Å². The van der Waals surface area contributed by atoms with Crippen LogP contribution < -0.4 is 14.8 Å². The molecule has 0 fully saturated rings. The Hall–Kier alpha value is -3.47. The molecule has 3 aromatic carbocycles. The van der Waals surface area contributed by atoms with Crippen molar-refractivity contribution >= 4 is 27.7 Å². The molecule has 0 spiro atoms. The normalized spacial score (nSPS) is 15.3. The van der Waals surface area contributed by atoms with E-state index in [4.69, 9.17) is 9.47 Å². The van der Waals surface area contributed by atoms with Crippen LogP contribution in [0.2, 0.25) is 0 Å². The van der Waals surface area contributed by atoms with E-state index in [9.17, 15) is 4.79 Å². The zero-order valence-corrected chi connectivity index (χ0v) is 16.2. The summed E-state index contributed by atoms with van der Waals surface area (Å²) in [6.07, 6.45) is 0. The second-order valence-electron chi connectivity index (χ2n) is 7.24. The molecule has 1 N–H and O–H groups in total. The van der Waals surface area contributed by atoms with Crippen molar-refractivity contribution in [2.75, 3.05) is 19.8 Å². The average molecular weight is 386 g/mol. The summed E-state index contributed by atoms with van der Waals surface area (Å²) in [6.45, 7) is 2.97. The third-order valence-corrected chi connectivity index (χ3v) is 5.40. The number of rotatable bonds is 5. The van der Waals surface area contributed by atoms with E-state index in [2.05, 4.69) is 46.3 Å². The quantitative estimate of drug-likeness (QED) is 0.521. The number of hydrogen-bond acceptors (Lipinski definition) is 3. The van der Waals surface area contributed by atoms with E-state index >= 15 is 0 Å². The van der Waals surface area contributed by atoms with Gasteiger partial charge in [-0.15, -0.1) is 0 Å². The second-order valence-corrected chi connectivity index (χ2v) is 7.24. The number of nitrogens with one attached hydrogen (secondary N) is 1. The van der Waals surface area contributed by atoms with Crippen LogP contribution in [0.15, 0.2) is 66.7 Å². The number of amides is 1. The predicted molar refractivity (Wildman–Crippen MR) is 114 cm³/mol. The van der Waals surface area contributed by atoms with Gasteiger partial charge in [-0.25, -0.2) is 0 Å². The highest BCUT2D eigenvalue weighted by atomic mass is 16.5. The Morgan fingerprint density at radius 2 is 1.79 bits per heavy atom. The molecule has 1 unspecified atom stereocenters. The molecule has 0 saturated carbocycles. The Kier molecular flexibility index (Phi) is 4.35. The molecule has 5 nitrogen and oxygen atoms in total. The van der Waals surface area contributed by atoms with Gasteiger partial charge in [0, 0.05) is 17.7 Å². The number of fused-ring (bicyclic) bond motifs is 3. The standard InChI is InChI=1S/C24H22N2O3/c1-16(27)25-13-14-28-21-11-5-9-18-19-10-6-12-22-24(19)26(23(18)21)20(15-29-22)17-7-3-2-4-8-17/h2-12,20H,13-15H2,1H3,(H,25,27). The van der Waals surface area contributed by atoms with Crippen LogP contribution in [0.4, 0.5) is 0 Å². The molecule has 0 saturated heterocycles. The summed E-state index contributed by atoms with van der Waals surface area (Å²) >= 11 is 0. The number of para-hydroxylation sites is 2. The summed E-state index contributed by atoms with van der Waals surface area (Å²) in [7, 11) is 0. The molecular formula is C24H22N2O3. The van der Waals surface area contributed by atoms with Gasteiger partial charge in [-0.1, -0.05) is 54.6 Å². The van der Waals surface area contributed by atoms with Gasteiger partial charge in [0.15, 0.2) is 0 Å². The van der Waals surface area contributed by atoms with Crippen molar-refractivity contribution in [1.29, 1.82) is 0 Å². The van der Waals surface area contributed by atoms with Crippen molar-refractivity contribution in [3.05, 3.63) is 72.3 Å². The Morgan fingerprint density at radius 1 is 1.03 bits per heavy atom. The summed E-state index contributed by atoms with van der Waals surface area (Å²) in [5.41, 5.74) is 3.37. The molecule has 4 aromatic rings. The topological polar surface area (TPSA) is 52.5 Å². The van der Waals surface area contributed by atoms with E-state index < -0.39 is 0 Å². The number of carbonyl (C=O) groups excluding carboxylic acids is 1. The lowest BCUT2D eigenvalue weighted by Gasteiger charge is -2.28.